The topological polar surface area (TPSA) is 93.1 Å². The van der Waals surface area contributed by atoms with Crippen LogP contribution in [0.4, 0.5) is 0 Å². The highest BCUT2D eigenvalue weighted by atomic mass is 16.5. The summed E-state index contributed by atoms with van der Waals surface area (Å²) in [6.45, 7) is 0.236. The number of methoxy groups -OCH3 is 1. The van der Waals surface area contributed by atoms with Crippen LogP contribution < -0.4 is 4.74 Å². The van der Waals surface area contributed by atoms with Gasteiger partial charge in [-0.05, 0) is 30.5 Å². The second kappa shape index (κ2) is 10.6. The first kappa shape index (κ1) is 19.0. The van der Waals surface area contributed by atoms with Crippen molar-refractivity contribution < 1.29 is 29.3 Å². The number of benzene rings is 1. The van der Waals surface area contributed by atoms with Gasteiger partial charge in [-0.1, -0.05) is 31.4 Å². The molecule has 0 amide bonds. The van der Waals surface area contributed by atoms with Crippen LogP contribution in [-0.2, 0) is 20.9 Å². The van der Waals surface area contributed by atoms with Crippen molar-refractivity contribution in [1.29, 1.82) is 0 Å². The molecule has 0 fully saturated rings. The van der Waals surface area contributed by atoms with E-state index in [2.05, 4.69) is 0 Å². The van der Waals surface area contributed by atoms with Gasteiger partial charge < -0.3 is 19.7 Å². The highest BCUT2D eigenvalue weighted by Crippen LogP contribution is 2.15. The third-order valence-electron chi connectivity index (χ3n) is 3.49. The van der Waals surface area contributed by atoms with E-state index in [1.54, 1.807) is 19.2 Å². The highest BCUT2D eigenvalue weighted by molar-refractivity contribution is 5.72. The number of carboxylic acid groups (broad SMARTS) is 2. The zero-order valence-electron chi connectivity index (χ0n) is 13.4. The maximum absolute atomic E-state index is 11.2. The Morgan fingerprint density at radius 1 is 1.04 bits per heavy atom. The minimum atomic E-state index is -0.968. The average Bonchev–Trinajstić information content (AvgIpc) is 2.53. The van der Waals surface area contributed by atoms with Gasteiger partial charge in [0, 0.05) is 6.42 Å². The predicted octanol–water partition coefficient (Wildman–Crippen LogP) is 3.09. The molecular formula is C17H24O6. The maximum atomic E-state index is 11.2. The molecule has 2 N–H and O–H groups in total. The summed E-state index contributed by atoms with van der Waals surface area (Å²) in [5, 5.41) is 17.7. The Morgan fingerprint density at radius 2 is 1.70 bits per heavy atom. The van der Waals surface area contributed by atoms with Crippen molar-refractivity contribution in [3.8, 4) is 5.75 Å². The van der Waals surface area contributed by atoms with E-state index in [1.807, 2.05) is 12.1 Å². The molecule has 1 aromatic carbocycles. The van der Waals surface area contributed by atoms with E-state index in [4.69, 9.17) is 14.6 Å². The molecular weight excluding hydrogens is 300 g/mol. The van der Waals surface area contributed by atoms with Crippen LogP contribution in [0.5, 0.6) is 5.75 Å². The normalized spacial score (nSPS) is 11.9. The smallest absolute Gasteiger partial charge is 0.332 e. The summed E-state index contributed by atoms with van der Waals surface area (Å²) in [6, 6.07) is 7.28. The van der Waals surface area contributed by atoms with E-state index in [1.165, 1.54) is 0 Å². The Kier molecular flexibility index (Phi) is 8.75. The minimum absolute atomic E-state index is 0.163. The molecule has 23 heavy (non-hydrogen) atoms. The lowest BCUT2D eigenvalue weighted by molar-refractivity contribution is -0.151. The van der Waals surface area contributed by atoms with Crippen molar-refractivity contribution in [1.82, 2.24) is 0 Å². The zero-order chi connectivity index (χ0) is 17.1. The number of aliphatic carboxylic acids is 2. The summed E-state index contributed by atoms with van der Waals surface area (Å²) in [5.41, 5.74) is 0.888. The third-order valence-corrected chi connectivity index (χ3v) is 3.49. The number of ether oxygens (including phenoxy) is 2. The highest BCUT2D eigenvalue weighted by Gasteiger charge is 2.17. The number of hydrogen-bond acceptors (Lipinski definition) is 4. The number of carboxylic acids is 2. The summed E-state index contributed by atoms with van der Waals surface area (Å²) < 4.78 is 10.5. The molecule has 0 aromatic heterocycles. The lowest BCUT2D eigenvalue weighted by Gasteiger charge is -2.14. The van der Waals surface area contributed by atoms with Crippen LogP contribution in [0.25, 0.3) is 0 Å². The zero-order valence-corrected chi connectivity index (χ0v) is 13.4. The first-order chi connectivity index (χ1) is 11.0. The van der Waals surface area contributed by atoms with Gasteiger partial charge >= 0.3 is 11.9 Å². The van der Waals surface area contributed by atoms with Gasteiger partial charge in [-0.3, -0.25) is 4.79 Å². The van der Waals surface area contributed by atoms with Gasteiger partial charge in [0.15, 0.2) is 6.10 Å². The number of rotatable bonds is 12. The summed E-state index contributed by atoms with van der Waals surface area (Å²) in [6.07, 6.45) is 2.69. The molecule has 0 aliphatic rings. The number of unbranched alkanes of at least 4 members (excludes halogenated alkanes) is 3. The summed E-state index contributed by atoms with van der Waals surface area (Å²) in [4.78, 5) is 21.6. The molecule has 6 heteroatoms. The molecule has 0 saturated carbocycles. The van der Waals surface area contributed by atoms with Gasteiger partial charge in [0.05, 0.1) is 13.7 Å². The Labute approximate surface area is 136 Å². The molecule has 0 bridgehead atoms. The lowest BCUT2D eigenvalue weighted by Crippen LogP contribution is -2.23. The van der Waals surface area contributed by atoms with E-state index in [0.717, 1.165) is 24.2 Å². The van der Waals surface area contributed by atoms with Crippen molar-refractivity contribution in [2.75, 3.05) is 7.11 Å². The average molecular weight is 324 g/mol. The molecule has 128 valence electrons. The van der Waals surface area contributed by atoms with Crippen LogP contribution in [0.2, 0.25) is 0 Å². The lowest BCUT2D eigenvalue weighted by atomic mass is 10.1. The monoisotopic (exact) mass is 324 g/mol. The van der Waals surface area contributed by atoms with Crippen molar-refractivity contribution in [2.24, 2.45) is 0 Å². The quantitative estimate of drug-likeness (QED) is 0.574. The Balaban J connectivity index is 2.28. The van der Waals surface area contributed by atoms with Gasteiger partial charge in [-0.15, -0.1) is 0 Å². The molecule has 0 heterocycles. The summed E-state index contributed by atoms with van der Waals surface area (Å²) in [5.74, 6) is -1.02. The van der Waals surface area contributed by atoms with Gasteiger partial charge in [0.25, 0.3) is 0 Å². The second-order valence-corrected chi connectivity index (χ2v) is 5.33. The molecule has 1 atom stereocenters. The molecule has 1 aromatic rings. The largest absolute Gasteiger partial charge is 0.497 e. The number of hydrogen-bond donors (Lipinski definition) is 2. The molecule has 0 aliphatic carbocycles. The molecule has 0 radical (unpaired) electrons. The van der Waals surface area contributed by atoms with Crippen molar-refractivity contribution in [3.63, 3.8) is 0 Å². The first-order valence-electron chi connectivity index (χ1n) is 7.72. The third kappa shape index (κ3) is 8.21. The Hall–Kier alpha value is -2.08. The van der Waals surface area contributed by atoms with Crippen LogP contribution in [0, 0.1) is 0 Å². The fraction of sp³-hybridized carbons (Fsp3) is 0.529. The van der Waals surface area contributed by atoms with E-state index in [-0.39, 0.29) is 13.0 Å². The summed E-state index contributed by atoms with van der Waals surface area (Å²) in [7, 11) is 1.59. The van der Waals surface area contributed by atoms with Crippen LogP contribution in [0.1, 0.15) is 44.1 Å². The van der Waals surface area contributed by atoms with Crippen molar-refractivity contribution in [2.45, 2.75) is 51.2 Å². The van der Waals surface area contributed by atoms with Gasteiger partial charge in [-0.2, -0.15) is 0 Å². The minimum Gasteiger partial charge on any atom is -0.497 e. The van der Waals surface area contributed by atoms with Crippen LogP contribution in [-0.4, -0.2) is 35.4 Å². The first-order valence-corrected chi connectivity index (χ1v) is 7.72. The van der Waals surface area contributed by atoms with Crippen molar-refractivity contribution >= 4 is 11.9 Å². The van der Waals surface area contributed by atoms with E-state index in [9.17, 15) is 14.7 Å². The van der Waals surface area contributed by atoms with Crippen LogP contribution in [0.3, 0.4) is 0 Å². The number of carbonyl (C=O) groups is 2. The van der Waals surface area contributed by atoms with E-state index < -0.39 is 18.0 Å². The van der Waals surface area contributed by atoms with Crippen molar-refractivity contribution in [3.05, 3.63) is 29.8 Å². The van der Waals surface area contributed by atoms with Crippen LogP contribution >= 0.6 is 0 Å². The molecule has 0 spiro atoms. The standard InChI is InChI=1S/C17H24O6/c1-22-14-10-8-13(9-11-14)12-23-15(17(20)21)6-4-2-3-5-7-16(18)19/h8-11,15H,2-7,12H2,1H3,(H,18,19)(H,20,21). The van der Waals surface area contributed by atoms with E-state index in [0.29, 0.717) is 19.3 Å². The Morgan fingerprint density at radius 3 is 2.26 bits per heavy atom. The molecule has 1 rings (SSSR count). The molecule has 0 saturated heterocycles. The molecule has 1 unspecified atom stereocenters. The molecule has 0 aliphatic heterocycles. The fourth-order valence-corrected chi connectivity index (χ4v) is 2.16. The van der Waals surface area contributed by atoms with E-state index >= 15 is 0 Å². The summed E-state index contributed by atoms with van der Waals surface area (Å²) >= 11 is 0. The Bertz CT molecular complexity index is 482. The van der Waals surface area contributed by atoms with Gasteiger partial charge in [0.1, 0.15) is 5.75 Å². The van der Waals surface area contributed by atoms with Gasteiger partial charge in [-0.25, -0.2) is 4.79 Å². The van der Waals surface area contributed by atoms with Gasteiger partial charge in [0.2, 0.25) is 0 Å². The molecule has 6 nitrogen and oxygen atoms in total. The second-order valence-electron chi connectivity index (χ2n) is 5.33. The SMILES string of the molecule is COc1ccc(COC(CCCCCCC(=O)O)C(=O)O)cc1. The maximum Gasteiger partial charge on any atom is 0.332 e. The predicted molar refractivity (Wildman–Crippen MR) is 84.5 cm³/mol. The fourth-order valence-electron chi connectivity index (χ4n) is 2.16. The van der Waals surface area contributed by atoms with Crippen LogP contribution in [0.15, 0.2) is 24.3 Å².